The minimum Gasteiger partial charge on any atom is -0.317 e. The number of hydrogen-bond acceptors (Lipinski definition) is 4. The number of sulfone groups is 1. The molecule has 6 heteroatoms. The van der Waals surface area contributed by atoms with E-state index in [1.165, 1.54) is 16.7 Å². The highest BCUT2D eigenvalue weighted by atomic mass is 32.2. The highest BCUT2D eigenvalue weighted by molar-refractivity contribution is 7.91. The van der Waals surface area contributed by atoms with E-state index in [-0.39, 0.29) is 5.16 Å². The summed E-state index contributed by atoms with van der Waals surface area (Å²) in [6, 6.07) is 18.6. The maximum absolute atomic E-state index is 12.9. The molecule has 0 bridgehead atoms. The van der Waals surface area contributed by atoms with E-state index < -0.39 is 15.1 Å². The fourth-order valence-corrected chi connectivity index (χ4v) is 4.56. The lowest BCUT2D eigenvalue weighted by Gasteiger charge is -2.19. The highest BCUT2D eigenvalue weighted by Crippen LogP contribution is 2.19. The SMILES string of the molecule is Cc1ccc(CN(C)Cc2cnc(S(=O)(=O)C(C)C)n2CCc2ccccc2)cc1. The molecule has 30 heavy (non-hydrogen) atoms. The van der Waals surface area contributed by atoms with E-state index in [0.29, 0.717) is 13.1 Å². The van der Waals surface area contributed by atoms with Gasteiger partial charge in [-0.05, 0) is 45.4 Å². The van der Waals surface area contributed by atoms with Gasteiger partial charge in [0.05, 0.1) is 17.1 Å². The zero-order valence-corrected chi connectivity index (χ0v) is 19.1. The van der Waals surface area contributed by atoms with Crippen molar-refractivity contribution >= 4 is 9.84 Å². The van der Waals surface area contributed by atoms with Crippen molar-refractivity contribution in [1.29, 1.82) is 0 Å². The van der Waals surface area contributed by atoms with E-state index in [2.05, 4.69) is 53.2 Å². The predicted octanol–water partition coefficient (Wildman–Crippen LogP) is 4.25. The number of rotatable bonds is 9. The summed E-state index contributed by atoms with van der Waals surface area (Å²) in [5, 5.41) is -0.333. The maximum atomic E-state index is 12.9. The Bertz CT molecular complexity index is 1060. The molecule has 0 radical (unpaired) electrons. The Morgan fingerprint density at radius 1 is 0.967 bits per heavy atom. The van der Waals surface area contributed by atoms with Crippen molar-refractivity contribution in [3.05, 3.63) is 83.2 Å². The molecule has 0 saturated carbocycles. The van der Waals surface area contributed by atoms with Crippen LogP contribution in [0.2, 0.25) is 0 Å². The van der Waals surface area contributed by atoms with Crippen molar-refractivity contribution in [3.63, 3.8) is 0 Å². The van der Waals surface area contributed by atoms with Gasteiger partial charge in [0.15, 0.2) is 0 Å². The van der Waals surface area contributed by atoms with Crippen molar-refractivity contribution in [2.45, 2.75) is 57.2 Å². The average molecular weight is 426 g/mol. The van der Waals surface area contributed by atoms with Crippen LogP contribution in [0.25, 0.3) is 0 Å². The first-order valence-electron chi connectivity index (χ1n) is 10.3. The van der Waals surface area contributed by atoms with Gasteiger partial charge >= 0.3 is 0 Å². The van der Waals surface area contributed by atoms with E-state index in [1.807, 2.05) is 29.8 Å². The molecule has 0 aliphatic heterocycles. The van der Waals surface area contributed by atoms with Crippen LogP contribution < -0.4 is 0 Å². The zero-order valence-electron chi connectivity index (χ0n) is 18.2. The molecule has 5 nitrogen and oxygen atoms in total. The standard InChI is InChI=1S/C24H31N3O2S/c1-19(2)30(28,29)24-25-16-23(27(24)15-14-21-8-6-5-7-9-21)18-26(4)17-22-12-10-20(3)11-13-22/h5-13,16,19H,14-15,17-18H2,1-4H3. The largest absolute Gasteiger partial charge is 0.317 e. The number of benzene rings is 2. The molecule has 0 aliphatic rings. The summed E-state index contributed by atoms with van der Waals surface area (Å²) in [5.74, 6) is 0. The maximum Gasteiger partial charge on any atom is 0.228 e. The summed E-state index contributed by atoms with van der Waals surface area (Å²) in [4.78, 5) is 6.53. The summed E-state index contributed by atoms with van der Waals surface area (Å²) in [6.07, 6.45) is 2.47. The van der Waals surface area contributed by atoms with Crippen molar-refractivity contribution < 1.29 is 8.42 Å². The summed E-state index contributed by atoms with van der Waals surface area (Å²) in [5.41, 5.74) is 4.57. The average Bonchev–Trinajstić information content (AvgIpc) is 3.12. The lowest BCUT2D eigenvalue weighted by molar-refractivity contribution is 0.307. The first-order valence-corrected chi connectivity index (χ1v) is 11.9. The Labute approximate surface area is 180 Å². The lowest BCUT2D eigenvalue weighted by atomic mass is 10.1. The van der Waals surface area contributed by atoms with Gasteiger partial charge in [-0.2, -0.15) is 0 Å². The monoisotopic (exact) mass is 425 g/mol. The minimum atomic E-state index is -3.46. The summed E-state index contributed by atoms with van der Waals surface area (Å²) in [7, 11) is -1.41. The quantitative estimate of drug-likeness (QED) is 0.514. The molecule has 0 spiro atoms. The van der Waals surface area contributed by atoms with Crippen molar-refractivity contribution in [2.24, 2.45) is 0 Å². The molecule has 0 amide bonds. The second kappa shape index (κ2) is 9.58. The van der Waals surface area contributed by atoms with Gasteiger partial charge in [-0.3, -0.25) is 4.90 Å². The third-order valence-electron chi connectivity index (χ3n) is 5.25. The predicted molar refractivity (Wildman–Crippen MR) is 121 cm³/mol. The molecule has 1 aromatic heterocycles. The molecule has 0 fully saturated rings. The number of imidazole rings is 1. The molecule has 0 saturated heterocycles. The van der Waals surface area contributed by atoms with E-state index >= 15 is 0 Å². The summed E-state index contributed by atoms with van der Waals surface area (Å²) in [6.45, 7) is 7.48. The van der Waals surface area contributed by atoms with Crippen molar-refractivity contribution in [1.82, 2.24) is 14.5 Å². The Morgan fingerprint density at radius 3 is 2.27 bits per heavy atom. The Morgan fingerprint density at radius 2 is 1.63 bits per heavy atom. The highest BCUT2D eigenvalue weighted by Gasteiger charge is 2.26. The van der Waals surface area contributed by atoms with Gasteiger partial charge in [0, 0.05) is 19.6 Å². The molecule has 0 atom stereocenters. The molecule has 160 valence electrons. The van der Waals surface area contributed by atoms with Crippen LogP contribution in [0.5, 0.6) is 0 Å². The van der Waals surface area contributed by atoms with E-state index in [4.69, 9.17) is 0 Å². The van der Waals surface area contributed by atoms with Crippen LogP contribution in [0.3, 0.4) is 0 Å². The fraction of sp³-hybridized carbons (Fsp3) is 0.375. The molecular formula is C24H31N3O2S. The van der Waals surface area contributed by atoms with Crippen molar-refractivity contribution in [2.75, 3.05) is 7.05 Å². The topological polar surface area (TPSA) is 55.2 Å². The molecule has 3 rings (SSSR count). The summed E-state index contributed by atoms with van der Waals surface area (Å²) >= 11 is 0. The number of hydrogen-bond donors (Lipinski definition) is 0. The van der Waals surface area contributed by atoms with Gasteiger partial charge in [0.25, 0.3) is 0 Å². The molecule has 2 aromatic carbocycles. The second-order valence-electron chi connectivity index (χ2n) is 8.17. The molecule has 1 heterocycles. The van der Waals surface area contributed by atoms with Crippen LogP contribution in [0.1, 0.15) is 36.2 Å². The minimum absolute atomic E-state index is 0.173. The Hall–Kier alpha value is -2.44. The zero-order chi connectivity index (χ0) is 21.7. The molecule has 0 unspecified atom stereocenters. The summed E-state index contributed by atoms with van der Waals surface area (Å²) < 4.78 is 27.7. The number of aryl methyl sites for hydroxylation is 2. The second-order valence-corrected chi connectivity index (χ2v) is 10.6. The molecular weight excluding hydrogens is 394 g/mol. The van der Waals surface area contributed by atoms with Gasteiger partial charge in [0.2, 0.25) is 15.0 Å². The van der Waals surface area contributed by atoms with Crippen molar-refractivity contribution in [3.8, 4) is 0 Å². The van der Waals surface area contributed by atoms with Crippen LogP contribution in [0, 0.1) is 6.92 Å². The first kappa shape index (κ1) is 22.2. The van der Waals surface area contributed by atoms with Gasteiger partial charge in [-0.1, -0.05) is 60.2 Å². The normalized spacial score (nSPS) is 12.1. The van der Waals surface area contributed by atoms with E-state index in [0.717, 1.165) is 18.7 Å². The van der Waals surface area contributed by atoms with Gasteiger partial charge in [-0.15, -0.1) is 0 Å². The Balaban J connectivity index is 1.83. The van der Waals surface area contributed by atoms with Crippen LogP contribution in [-0.4, -0.2) is 35.2 Å². The van der Waals surface area contributed by atoms with Gasteiger partial charge < -0.3 is 4.57 Å². The third kappa shape index (κ3) is 5.37. The molecule has 0 N–H and O–H groups in total. The molecule has 3 aromatic rings. The van der Waals surface area contributed by atoms with Gasteiger partial charge in [0.1, 0.15) is 0 Å². The van der Waals surface area contributed by atoms with Crippen LogP contribution >= 0.6 is 0 Å². The van der Waals surface area contributed by atoms with Crippen LogP contribution in [0.4, 0.5) is 0 Å². The van der Waals surface area contributed by atoms with Crippen LogP contribution in [-0.2, 0) is 35.9 Å². The number of aromatic nitrogens is 2. The number of nitrogens with zero attached hydrogens (tertiary/aromatic N) is 3. The van der Waals surface area contributed by atoms with Crippen LogP contribution in [0.15, 0.2) is 66.0 Å². The third-order valence-corrected chi connectivity index (χ3v) is 7.32. The van der Waals surface area contributed by atoms with Gasteiger partial charge in [-0.25, -0.2) is 13.4 Å². The Kier molecular flexibility index (Phi) is 7.10. The van der Waals surface area contributed by atoms with E-state index in [9.17, 15) is 8.42 Å². The molecule has 0 aliphatic carbocycles. The fourth-order valence-electron chi connectivity index (χ4n) is 3.42. The smallest absolute Gasteiger partial charge is 0.228 e. The lowest BCUT2D eigenvalue weighted by Crippen LogP contribution is -2.23. The first-order chi connectivity index (χ1) is 14.3. The van der Waals surface area contributed by atoms with E-state index in [1.54, 1.807) is 20.0 Å².